The molecule has 146 valence electrons. The number of sulfone groups is 2. The number of amides is 1. The quantitative estimate of drug-likeness (QED) is 0.653. The van der Waals surface area contributed by atoms with Gasteiger partial charge in [-0.3, -0.25) is 9.69 Å². The first-order valence-electron chi connectivity index (χ1n) is 8.54. The summed E-state index contributed by atoms with van der Waals surface area (Å²) in [4.78, 5) is 16.2. The van der Waals surface area contributed by atoms with Crippen LogP contribution in [0.5, 0.6) is 0 Å². The van der Waals surface area contributed by atoms with Crippen LogP contribution < -0.4 is 0 Å². The van der Waals surface area contributed by atoms with Gasteiger partial charge in [-0.05, 0) is 19.1 Å². The van der Waals surface area contributed by atoms with E-state index in [0.717, 1.165) is 5.56 Å². The number of carbonyl (C=O) groups excluding carboxylic acids is 1. The van der Waals surface area contributed by atoms with Crippen molar-refractivity contribution >= 4 is 25.6 Å². The molecule has 7 nitrogen and oxygen atoms in total. The fraction of sp³-hybridized carbons (Fsp3) is 0.588. The maximum Gasteiger partial charge on any atom is 0.223 e. The minimum Gasteiger partial charge on any atom is -0.340 e. The van der Waals surface area contributed by atoms with Crippen LogP contribution in [0.4, 0.5) is 0 Å². The highest BCUT2D eigenvalue weighted by molar-refractivity contribution is 7.91. The molecule has 1 amide bonds. The Morgan fingerprint density at radius 2 is 1.54 bits per heavy atom. The Morgan fingerprint density at radius 1 is 0.962 bits per heavy atom. The molecular formula is C17H26N2O5S2. The van der Waals surface area contributed by atoms with Gasteiger partial charge in [-0.1, -0.05) is 17.7 Å². The van der Waals surface area contributed by atoms with E-state index < -0.39 is 19.7 Å². The molecular weight excluding hydrogens is 376 g/mol. The smallest absolute Gasteiger partial charge is 0.223 e. The number of benzene rings is 1. The van der Waals surface area contributed by atoms with Crippen LogP contribution in [-0.4, -0.2) is 83.0 Å². The van der Waals surface area contributed by atoms with Crippen molar-refractivity contribution in [2.24, 2.45) is 0 Å². The van der Waals surface area contributed by atoms with E-state index in [1.54, 1.807) is 29.2 Å². The summed E-state index contributed by atoms with van der Waals surface area (Å²) in [7, 11) is -6.47. The van der Waals surface area contributed by atoms with Crippen LogP contribution in [0, 0.1) is 6.92 Å². The van der Waals surface area contributed by atoms with Gasteiger partial charge in [-0.25, -0.2) is 16.8 Å². The number of carbonyl (C=O) groups is 1. The fourth-order valence-corrected chi connectivity index (χ4v) is 4.58. The van der Waals surface area contributed by atoms with Crippen molar-refractivity contribution in [1.29, 1.82) is 0 Å². The average Bonchev–Trinajstić information content (AvgIpc) is 2.58. The van der Waals surface area contributed by atoms with Crippen LogP contribution in [0.1, 0.15) is 12.0 Å². The van der Waals surface area contributed by atoms with Crippen LogP contribution in [-0.2, 0) is 24.5 Å². The number of hydrogen-bond donors (Lipinski definition) is 0. The first-order valence-corrected chi connectivity index (χ1v) is 12.3. The van der Waals surface area contributed by atoms with Gasteiger partial charge in [0.2, 0.25) is 5.91 Å². The lowest BCUT2D eigenvalue weighted by atomic mass is 10.2. The fourth-order valence-electron chi connectivity index (χ4n) is 2.76. The van der Waals surface area contributed by atoms with Crippen LogP contribution in [0.25, 0.3) is 0 Å². The second-order valence-electron chi connectivity index (χ2n) is 6.73. The zero-order valence-electron chi connectivity index (χ0n) is 15.2. The lowest BCUT2D eigenvalue weighted by Crippen LogP contribution is -2.49. The molecule has 1 heterocycles. The molecule has 9 heteroatoms. The van der Waals surface area contributed by atoms with E-state index in [-0.39, 0.29) is 28.7 Å². The van der Waals surface area contributed by atoms with Crippen molar-refractivity contribution in [2.45, 2.75) is 18.2 Å². The van der Waals surface area contributed by atoms with Gasteiger partial charge >= 0.3 is 0 Å². The Labute approximate surface area is 155 Å². The maximum atomic E-state index is 12.3. The number of nitrogens with zero attached hydrogens (tertiary/aromatic N) is 2. The predicted octanol–water partition coefficient (Wildman–Crippen LogP) is 0.348. The van der Waals surface area contributed by atoms with Gasteiger partial charge < -0.3 is 4.90 Å². The average molecular weight is 403 g/mol. The molecule has 0 unspecified atom stereocenters. The molecule has 0 radical (unpaired) electrons. The topological polar surface area (TPSA) is 91.8 Å². The summed E-state index contributed by atoms with van der Waals surface area (Å²) in [5.74, 6) is -0.276. The number of hydrogen-bond acceptors (Lipinski definition) is 6. The zero-order chi connectivity index (χ0) is 19.4. The molecule has 0 bridgehead atoms. The van der Waals surface area contributed by atoms with E-state index in [2.05, 4.69) is 0 Å². The van der Waals surface area contributed by atoms with Gasteiger partial charge in [0.05, 0.1) is 16.4 Å². The number of piperazine rings is 1. The number of rotatable bonds is 7. The predicted molar refractivity (Wildman–Crippen MR) is 101 cm³/mol. The van der Waals surface area contributed by atoms with E-state index in [1.165, 1.54) is 6.26 Å². The lowest BCUT2D eigenvalue weighted by molar-refractivity contribution is -0.132. The molecule has 1 aromatic carbocycles. The Kier molecular flexibility index (Phi) is 6.81. The minimum absolute atomic E-state index is 0.0421. The molecule has 0 aromatic heterocycles. The highest BCUT2D eigenvalue weighted by atomic mass is 32.2. The van der Waals surface area contributed by atoms with Gasteiger partial charge in [0.25, 0.3) is 0 Å². The summed E-state index contributed by atoms with van der Waals surface area (Å²) >= 11 is 0. The van der Waals surface area contributed by atoms with Crippen molar-refractivity contribution in [3.8, 4) is 0 Å². The van der Waals surface area contributed by atoms with Gasteiger partial charge in [-0.15, -0.1) is 0 Å². The zero-order valence-corrected chi connectivity index (χ0v) is 16.9. The van der Waals surface area contributed by atoms with Crippen molar-refractivity contribution < 1.29 is 21.6 Å². The molecule has 26 heavy (non-hydrogen) atoms. The van der Waals surface area contributed by atoms with Crippen molar-refractivity contribution in [2.75, 3.05) is 50.5 Å². The molecule has 1 saturated heterocycles. The third-order valence-corrected chi connectivity index (χ3v) is 7.12. The molecule has 0 saturated carbocycles. The van der Waals surface area contributed by atoms with E-state index in [1.807, 2.05) is 11.8 Å². The molecule has 0 N–H and O–H groups in total. The summed E-state index contributed by atoms with van der Waals surface area (Å²) in [6.07, 6.45) is 1.17. The monoisotopic (exact) mass is 402 g/mol. The highest BCUT2D eigenvalue weighted by Gasteiger charge is 2.23. The van der Waals surface area contributed by atoms with E-state index in [0.29, 0.717) is 32.7 Å². The molecule has 0 spiro atoms. The van der Waals surface area contributed by atoms with Gasteiger partial charge in [-0.2, -0.15) is 0 Å². The maximum absolute atomic E-state index is 12.3. The van der Waals surface area contributed by atoms with E-state index in [9.17, 15) is 21.6 Å². The first-order chi connectivity index (χ1) is 12.1. The van der Waals surface area contributed by atoms with Crippen LogP contribution in [0.3, 0.4) is 0 Å². The van der Waals surface area contributed by atoms with E-state index in [4.69, 9.17) is 0 Å². The third-order valence-electron chi connectivity index (χ3n) is 4.47. The summed E-state index contributed by atoms with van der Waals surface area (Å²) in [6.45, 7) is 4.54. The standard InChI is InChI=1S/C17H26N2O5S2/c1-15-3-5-16(6-4-15)26(23,24)13-7-17(20)19-10-8-18(9-11-19)12-14-25(2,21)22/h3-6H,7-14H2,1-2H3. The Bertz CT molecular complexity index is 824. The lowest BCUT2D eigenvalue weighted by Gasteiger charge is -2.34. The Morgan fingerprint density at radius 3 is 2.08 bits per heavy atom. The number of aryl methyl sites for hydroxylation is 1. The van der Waals surface area contributed by atoms with E-state index >= 15 is 0 Å². The normalized spacial score (nSPS) is 16.6. The van der Waals surface area contributed by atoms with Gasteiger partial charge in [0, 0.05) is 45.4 Å². The second-order valence-corrected chi connectivity index (χ2v) is 11.1. The van der Waals surface area contributed by atoms with Crippen LogP contribution in [0.15, 0.2) is 29.2 Å². The molecule has 2 rings (SSSR count). The summed E-state index contributed by atoms with van der Waals surface area (Å²) in [5, 5.41) is 0. The molecule has 0 aliphatic carbocycles. The van der Waals surface area contributed by atoms with Crippen LogP contribution >= 0.6 is 0 Å². The summed E-state index contributed by atoms with van der Waals surface area (Å²) < 4.78 is 47.1. The second kappa shape index (κ2) is 8.49. The minimum atomic E-state index is -3.47. The van der Waals surface area contributed by atoms with Crippen LogP contribution in [0.2, 0.25) is 0 Å². The molecule has 1 aromatic rings. The van der Waals surface area contributed by atoms with Gasteiger partial charge in [0.1, 0.15) is 9.84 Å². The summed E-state index contributed by atoms with van der Waals surface area (Å²) in [5.41, 5.74) is 0.980. The summed E-state index contributed by atoms with van der Waals surface area (Å²) in [6, 6.07) is 6.61. The van der Waals surface area contributed by atoms with Crippen molar-refractivity contribution in [3.05, 3.63) is 29.8 Å². The Hall–Kier alpha value is -1.45. The SMILES string of the molecule is Cc1ccc(S(=O)(=O)CCC(=O)N2CCN(CCS(C)(=O)=O)CC2)cc1. The molecule has 1 aliphatic heterocycles. The van der Waals surface area contributed by atoms with Gasteiger partial charge in [0.15, 0.2) is 9.84 Å². The molecule has 1 aliphatic rings. The molecule has 0 atom stereocenters. The largest absolute Gasteiger partial charge is 0.340 e. The third kappa shape index (κ3) is 6.37. The highest BCUT2D eigenvalue weighted by Crippen LogP contribution is 2.14. The van der Waals surface area contributed by atoms with Crippen molar-refractivity contribution in [3.63, 3.8) is 0 Å². The Balaban J connectivity index is 1.81. The molecule has 1 fully saturated rings. The van der Waals surface area contributed by atoms with Crippen molar-refractivity contribution in [1.82, 2.24) is 9.80 Å². The first kappa shape index (κ1) is 20.9.